The normalized spacial score (nSPS) is 10.6. The Kier molecular flexibility index (Phi) is 9.82. The van der Waals surface area contributed by atoms with Gasteiger partial charge in [-0.05, 0) is 17.7 Å². The second-order valence-corrected chi connectivity index (χ2v) is 4.11. The Morgan fingerprint density at radius 1 is 1.20 bits per heavy atom. The smallest absolute Gasteiger partial charge is 0.497 e. The van der Waals surface area contributed by atoms with Crippen LogP contribution in [0.25, 0.3) is 0 Å². The van der Waals surface area contributed by atoms with Gasteiger partial charge in [-0.2, -0.15) is 0 Å². The second-order valence-electron chi connectivity index (χ2n) is 4.11. The van der Waals surface area contributed by atoms with Crippen LogP contribution in [0.5, 0.6) is 5.75 Å². The summed E-state index contributed by atoms with van der Waals surface area (Å²) in [5.41, 5.74) is 0.759. The molecule has 0 bridgehead atoms. The van der Waals surface area contributed by atoms with Crippen LogP contribution in [-0.2, 0) is 16.1 Å². The van der Waals surface area contributed by atoms with Crippen molar-refractivity contribution in [2.75, 3.05) is 7.11 Å². The Morgan fingerprint density at radius 2 is 1.80 bits per heavy atom. The summed E-state index contributed by atoms with van der Waals surface area (Å²) < 4.78 is 45.6. The number of halogens is 3. The standard InChI is InChI=1S/C12H15BF3O3.K/c1-18-11-6-4-10(5-7-11)9-19-12(17)3-2-8-13(14,15)16;/h4-7H,2-3,8-9H2,1H3;/q-1;+1. The van der Waals surface area contributed by atoms with Gasteiger partial charge in [0.25, 0.3) is 0 Å². The van der Waals surface area contributed by atoms with Gasteiger partial charge in [0.2, 0.25) is 0 Å². The van der Waals surface area contributed by atoms with Crippen molar-refractivity contribution in [3.05, 3.63) is 29.8 Å². The van der Waals surface area contributed by atoms with E-state index in [0.29, 0.717) is 5.75 Å². The Hall–Kier alpha value is -0.0187. The molecule has 1 aromatic rings. The Balaban J connectivity index is 0.00000361. The molecule has 8 heteroatoms. The molecule has 1 rings (SSSR count). The van der Waals surface area contributed by atoms with Crippen LogP contribution in [-0.4, -0.2) is 20.1 Å². The van der Waals surface area contributed by atoms with E-state index < -0.39 is 19.3 Å². The fourth-order valence-electron chi connectivity index (χ4n) is 1.44. The third-order valence-electron chi connectivity index (χ3n) is 2.47. The molecule has 0 aromatic heterocycles. The summed E-state index contributed by atoms with van der Waals surface area (Å²) in [5.74, 6) is 0.0679. The van der Waals surface area contributed by atoms with Crippen LogP contribution in [0.2, 0.25) is 6.32 Å². The minimum atomic E-state index is -4.82. The molecule has 0 N–H and O–H groups in total. The fraction of sp³-hybridized carbons (Fsp3) is 0.417. The molecule has 0 fully saturated rings. The molecule has 0 unspecified atom stereocenters. The van der Waals surface area contributed by atoms with E-state index in [0.717, 1.165) is 5.56 Å². The summed E-state index contributed by atoms with van der Waals surface area (Å²) in [4.78, 5) is 11.2. The van der Waals surface area contributed by atoms with E-state index in [9.17, 15) is 17.7 Å². The summed E-state index contributed by atoms with van der Waals surface area (Å²) in [6.45, 7) is -4.76. The molecule has 0 aliphatic rings. The van der Waals surface area contributed by atoms with Crippen LogP contribution in [0, 0.1) is 0 Å². The van der Waals surface area contributed by atoms with Gasteiger partial charge in [-0.1, -0.05) is 24.9 Å². The zero-order chi connectivity index (χ0) is 14.3. The molecule has 0 aliphatic carbocycles. The zero-order valence-corrected chi connectivity index (χ0v) is 14.7. The van der Waals surface area contributed by atoms with Crippen molar-refractivity contribution in [1.82, 2.24) is 0 Å². The van der Waals surface area contributed by atoms with Gasteiger partial charge in [0.15, 0.2) is 0 Å². The van der Waals surface area contributed by atoms with E-state index in [2.05, 4.69) is 0 Å². The van der Waals surface area contributed by atoms with Gasteiger partial charge in [-0.25, -0.2) is 0 Å². The molecule has 3 nitrogen and oxygen atoms in total. The number of carbonyl (C=O) groups excluding carboxylic acids is 1. The van der Waals surface area contributed by atoms with Crippen molar-refractivity contribution in [2.24, 2.45) is 0 Å². The molecule has 0 atom stereocenters. The number of rotatable bonds is 7. The molecule has 1 aromatic carbocycles. The molecule has 0 aliphatic heterocycles. The van der Waals surface area contributed by atoms with Gasteiger partial charge in [0, 0.05) is 6.42 Å². The van der Waals surface area contributed by atoms with Crippen molar-refractivity contribution >= 4 is 12.9 Å². The fourth-order valence-corrected chi connectivity index (χ4v) is 1.44. The third-order valence-corrected chi connectivity index (χ3v) is 2.47. The van der Waals surface area contributed by atoms with E-state index in [1.807, 2.05) is 0 Å². The van der Waals surface area contributed by atoms with Gasteiger partial charge in [-0.3, -0.25) is 4.79 Å². The maximum atomic E-state index is 11.9. The SMILES string of the molecule is COc1ccc(COC(=O)CCC[B-](F)(F)F)cc1.[K+]. The Morgan fingerprint density at radius 3 is 2.30 bits per heavy atom. The average molecular weight is 314 g/mol. The van der Waals surface area contributed by atoms with Crippen molar-refractivity contribution in [3.63, 3.8) is 0 Å². The van der Waals surface area contributed by atoms with Crippen LogP contribution >= 0.6 is 0 Å². The van der Waals surface area contributed by atoms with Crippen LogP contribution < -0.4 is 56.1 Å². The molecular formula is C12H15BF3KO3. The molecule has 0 saturated carbocycles. The predicted molar refractivity (Wildman–Crippen MR) is 65.9 cm³/mol. The summed E-state index contributed by atoms with van der Waals surface area (Å²) in [5, 5.41) is 0. The summed E-state index contributed by atoms with van der Waals surface area (Å²) in [6.07, 6.45) is -1.33. The third kappa shape index (κ3) is 9.02. The number of benzene rings is 1. The largest absolute Gasteiger partial charge is 1.00 e. The Bertz CT molecular complexity index is 409. The minimum absolute atomic E-state index is 0. The topological polar surface area (TPSA) is 35.5 Å². The van der Waals surface area contributed by atoms with E-state index in [4.69, 9.17) is 9.47 Å². The molecule has 0 amide bonds. The molecule has 0 saturated heterocycles. The van der Waals surface area contributed by atoms with Crippen molar-refractivity contribution in [2.45, 2.75) is 25.8 Å². The number of methoxy groups -OCH3 is 1. The molecule has 106 valence electrons. The first-order valence-electron chi connectivity index (χ1n) is 5.90. The van der Waals surface area contributed by atoms with Gasteiger partial charge < -0.3 is 22.4 Å². The first kappa shape index (κ1) is 20.0. The zero-order valence-electron chi connectivity index (χ0n) is 11.6. The average Bonchev–Trinajstić information content (AvgIpc) is 2.35. The van der Waals surface area contributed by atoms with E-state index in [1.54, 1.807) is 24.3 Å². The number of ether oxygens (including phenoxy) is 2. The van der Waals surface area contributed by atoms with Gasteiger partial charge in [-0.15, -0.1) is 0 Å². The van der Waals surface area contributed by atoms with Gasteiger partial charge >= 0.3 is 64.3 Å². The summed E-state index contributed by atoms with van der Waals surface area (Å²) >= 11 is 0. The van der Waals surface area contributed by atoms with Gasteiger partial charge in [0.05, 0.1) is 7.11 Å². The molecular weight excluding hydrogens is 299 g/mol. The van der Waals surface area contributed by atoms with Crippen LogP contribution in [0.1, 0.15) is 18.4 Å². The van der Waals surface area contributed by atoms with Crippen molar-refractivity contribution in [1.29, 1.82) is 0 Å². The molecule has 20 heavy (non-hydrogen) atoms. The maximum Gasteiger partial charge on any atom is 1.00 e. The molecule has 0 spiro atoms. The minimum Gasteiger partial charge on any atom is -0.497 e. The van der Waals surface area contributed by atoms with E-state index in [1.165, 1.54) is 7.11 Å². The number of carbonyl (C=O) groups is 1. The van der Waals surface area contributed by atoms with E-state index in [-0.39, 0.29) is 70.8 Å². The first-order valence-corrected chi connectivity index (χ1v) is 5.90. The summed E-state index contributed by atoms with van der Waals surface area (Å²) in [7, 11) is 1.54. The number of hydrogen-bond donors (Lipinski definition) is 0. The van der Waals surface area contributed by atoms with Crippen molar-refractivity contribution in [3.8, 4) is 5.75 Å². The number of hydrogen-bond acceptors (Lipinski definition) is 3. The van der Waals surface area contributed by atoms with Crippen LogP contribution in [0.15, 0.2) is 24.3 Å². The summed E-state index contributed by atoms with van der Waals surface area (Å²) in [6, 6.07) is 6.89. The quantitative estimate of drug-likeness (QED) is 0.539. The molecule has 0 heterocycles. The monoisotopic (exact) mass is 314 g/mol. The predicted octanol–water partition coefficient (Wildman–Crippen LogP) is 0.370. The van der Waals surface area contributed by atoms with Crippen molar-refractivity contribution < 1.29 is 78.6 Å². The van der Waals surface area contributed by atoms with Crippen LogP contribution in [0.4, 0.5) is 12.9 Å². The second kappa shape index (κ2) is 9.83. The van der Waals surface area contributed by atoms with Gasteiger partial charge in [0.1, 0.15) is 12.4 Å². The van der Waals surface area contributed by atoms with E-state index >= 15 is 0 Å². The van der Waals surface area contributed by atoms with Crippen LogP contribution in [0.3, 0.4) is 0 Å². The maximum absolute atomic E-state index is 11.9. The Labute approximate surface area is 158 Å². The first-order chi connectivity index (χ1) is 8.90. The number of esters is 1. The molecule has 0 radical (unpaired) electrons.